The Kier molecular flexibility index (Phi) is 3.37. The van der Waals surface area contributed by atoms with Gasteiger partial charge in [0.1, 0.15) is 22.9 Å². The van der Waals surface area contributed by atoms with Gasteiger partial charge in [-0.1, -0.05) is 18.6 Å². The van der Waals surface area contributed by atoms with Gasteiger partial charge >= 0.3 is 0 Å². The molecule has 2 N–H and O–H groups in total. The van der Waals surface area contributed by atoms with E-state index in [-0.39, 0.29) is 0 Å². The predicted octanol–water partition coefficient (Wildman–Crippen LogP) is 4.04. The number of fused-ring (bicyclic) bond motifs is 1. The van der Waals surface area contributed by atoms with Crippen LogP contribution in [0, 0.1) is 13.8 Å². The molecule has 2 heterocycles. The van der Waals surface area contributed by atoms with Crippen molar-refractivity contribution in [3.8, 4) is 11.5 Å². The maximum absolute atomic E-state index is 6.01. The maximum atomic E-state index is 6.01. The molecule has 0 spiro atoms. The van der Waals surface area contributed by atoms with Gasteiger partial charge in [-0.3, -0.25) is 0 Å². The summed E-state index contributed by atoms with van der Waals surface area (Å²) in [7, 11) is 0. The molecular weight excluding hydrogens is 262 g/mol. The highest BCUT2D eigenvalue weighted by Gasteiger charge is 2.14. The van der Waals surface area contributed by atoms with Crippen LogP contribution >= 0.6 is 0 Å². The van der Waals surface area contributed by atoms with Crippen molar-refractivity contribution in [2.75, 3.05) is 5.73 Å². The Hall–Kier alpha value is -2.36. The number of rotatable bonds is 3. The molecule has 0 aliphatic heterocycles. The molecule has 21 heavy (non-hydrogen) atoms. The van der Waals surface area contributed by atoms with Crippen LogP contribution < -0.4 is 5.73 Å². The van der Waals surface area contributed by atoms with Gasteiger partial charge in [-0.15, -0.1) is 0 Å². The third-order valence-electron chi connectivity index (χ3n) is 3.61. The van der Waals surface area contributed by atoms with Crippen LogP contribution in [0.4, 0.5) is 5.82 Å². The van der Waals surface area contributed by atoms with E-state index in [2.05, 4.69) is 29.9 Å². The van der Waals surface area contributed by atoms with Crippen LogP contribution in [0.5, 0.6) is 0 Å². The highest BCUT2D eigenvalue weighted by Crippen LogP contribution is 2.30. The summed E-state index contributed by atoms with van der Waals surface area (Å²) in [5, 5.41) is 1.08. The average molecular weight is 281 g/mol. The molecule has 0 radical (unpaired) electrons. The molecule has 0 bridgehead atoms. The minimum absolute atomic E-state index is 0.528. The molecule has 0 atom stereocenters. The molecule has 1 aromatic carbocycles. The minimum atomic E-state index is 0.528. The van der Waals surface area contributed by atoms with Crippen molar-refractivity contribution in [2.24, 2.45) is 0 Å². The van der Waals surface area contributed by atoms with Crippen molar-refractivity contribution in [1.29, 1.82) is 0 Å². The highest BCUT2D eigenvalue weighted by atomic mass is 16.3. The molecule has 0 aliphatic rings. The summed E-state index contributed by atoms with van der Waals surface area (Å²) in [5.41, 5.74) is 9.75. The van der Waals surface area contributed by atoms with Crippen LogP contribution in [0.3, 0.4) is 0 Å². The second kappa shape index (κ2) is 5.20. The number of benzene rings is 1. The summed E-state index contributed by atoms with van der Waals surface area (Å²) < 4.78 is 5.93. The van der Waals surface area contributed by atoms with Gasteiger partial charge < -0.3 is 10.2 Å². The largest absolute Gasteiger partial charge is 0.454 e. The molecule has 3 rings (SSSR count). The van der Waals surface area contributed by atoms with Gasteiger partial charge in [-0.25, -0.2) is 9.97 Å². The smallest absolute Gasteiger partial charge is 0.154 e. The van der Waals surface area contributed by atoms with Crippen molar-refractivity contribution >= 4 is 16.8 Å². The monoisotopic (exact) mass is 281 g/mol. The number of hydrogen-bond acceptors (Lipinski definition) is 4. The molecule has 2 aromatic heterocycles. The number of aryl methyl sites for hydroxylation is 2. The second-order valence-corrected chi connectivity index (χ2v) is 5.40. The first-order valence-corrected chi connectivity index (χ1v) is 7.22. The van der Waals surface area contributed by atoms with E-state index in [4.69, 9.17) is 10.2 Å². The van der Waals surface area contributed by atoms with Gasteiger partial charge in [0.15, 0.2) is 5.76 Å². The molecule has 0 saturated carbocycles. The highest BCUT2D eigenvalue weighted by molar-refractivity contribution is 5.83. The fourth-order valence-corrected chi connectivity index (χ4v) is 2.44. The van der Waals surface area contributed by atoms with E-state index in [1.807, 2.05) is 25.1 Å². The lowest BCUT2D eigenvalue weighted by Gasteiger charge is -2.07. The molecule has 108 valence electrons. The third-order valence-corrected chi connectivity index (χ3v) is 3.61. The number of nitrogens with two attached hydrogens (primary N) is 1. The molecule has 0 aliphatic carbocycles. The zero-order valence-electron chi connectivity index (χ0n) is 12.6. The quantitative estimate of drug-likeness (QED) is 0.786. The Labute approximate surface area is 124 Å². The number of aromatic nitrogens is 2. The molecule has 0 saturated heterocycles. The summed E-state index contributed by atoms with van der Waals surface area (Å²) in [6.07, 6.45) is 1.80. The Bertz CT molecular complexity index is 805. The van der Waals surface area contributed by atoms with Crippen molar-refractivity contribution in [3.05, 3.63) is 41.2 Å². The summed E-state index contributed by atoms with van der Waals surface area (Å²) in [4.78, 5) is 8.97. The molecule has 0 unspecified atom stereocenters. The fourth-order valence-electron chi connectivity index (χ4n) is 2.44. The lowest BCUT2D eigenvalue weighted by Crippen LogP contribution is -2.04. The SMILES string of the molecule is CCCc1nc(N)c(C)c(-c2cc3cc(C)ccc3o2)n1. The van der Waals surface area contributed by atoms with Crippen LogP contribution in [0.15, 0.2) is 28.7 Å². The molecule has 0 fully saturated rings. The van der Waals surface area contributed by atoms with Gasteiger partial charge in [0, 0.05) is 17.4 Å². The van der Waals surface area contributed by atoms with E-state index >= 15 is 0 Å². The third kappa shape index (κ3) is 2.49. The molecule has 4 nitrogen and oxygen atoms in total. The van der Waals surface area contributed by atoms with Crippen molar-refractivity contribution in [3.63, 3.8) is 0 Å². The van der Waals surface area contributed by atoms with Crippen LogP contribution in [-0.4, -0.2) is 9.97 Å². The van der Waals surface area contributed by atoms with E-state index in [9.17, 15) is 0 Å². The Balaban J connectivity index is 2.16. The van der Waals surface area contributed by atoms with Crippen molar-refractivity contribution in [2.45, 2.75) is 33.6 Å². The van der Waals surface area contributed by atoms with Gasteiger partial charge in [0.05, 0.1) is 0 Å². The summed E-state index contributed by atoms with van der Waals surface area (Å²) in [5.74, 6) is 2.05. The summed E-state index contributed by atoms with van der Waals surface area (Å²) in [6.45, 7) is 6.10. The number of hydrogen-bond donors (Lipinski definition) is 1. The Morgan fingerprint density at radius 3 is 2.71 bits per heavy atom. The number of anilines is 1. The summed E-state index contributed by atoms with van der Waals surface area (Å²) in [6, 6.07) is 8.16. The maximum Gasteiger partial charge on any atom is 0.154 e. The van der Waals surface area contributed by atoms with E-state index in [0.29, 0.717) is 5.82 Å². The van der Waals surface area contributed by atoms with E-state index in [1.54, 1.807) is 0 Å². The van der Waals surface area contributed by atoms with Crippen molar-refractivity contribution < 1.29 is 4.42 Å². The molecular formula is C17H19N3O. The van der Waals surface area contributed by atoms with Crippen LogP contribution in [0.2, 0.25) is 0 Å². The minimum Gasteiger partial charge on any atom is -0.454 e. The van der Waals surface area contributed by atoms with Gasteiger partial charge in [0.2, 0.25) is 0 Å². The first kappa shape index (κ1) is 13.6. The van der Waals surface area contributed by atoms with E-state index in [0.717, 1.165) is 46.7 Å². The van der Waals surface area contributed by atoms with Crippen LogP contribution in [0.25, 0.3) is 22.4 Å². The first-order valence-electron chi connectivity index (χ1n) is 7.22. The lowest BCUT2D eigenvalue weighted by molar-refractivity contribution is 0.626. The molecule has 3 aromatic rings. The van der Waals surface area contributed by atoms with E-state index < -0.39 is 0 Å². The van der Waals surface area contributed by atoms with Gasteiger partial charge in [0.25, 0.3) is 0 Å². The second-order valence-electron chi connectivity index (χ2n) is 5.40. The molecule has 4 heteroatoms. The Morgan fingerprint density at radius 2 is 1.95 bits per heavy atom. The fraction of sp³-hybridized carbons (Fsp3) is 0.294. The standard InChI is InChI=1S/C17H19N3O/c1-4-5-15-19-16(11(3)17(18)20-15)14-9-12-8-10(2)6-7-13(12)21-14/h6-9H,4-5H2,1-3H3,(H2,18,19,20). The van der Waals surface area contributed by atoms with Crippen molar-refractivity contribution in [1.82, 2.24) is 9.97 Å². The average Bonchev–Trinajstić information content (AvgIpc) is 2.85. The number of nitrogen functional groups attached to an aromatic ring is 1. The van der Waals surface area contributed by atoms with Gasteiger partial charge in [-0.2, -0.15) is 0 Å². The Morgan fingerprint density at radius 1 is 1.14 bits per heavy atom. The number of nitrogens with zero attached hydrogens (tertiary/aromatic N) is 2. The van der Waals surface area contributed by atoms with Crippen LogP contribution in [-0.2, 0) is 6.42 Å². The predicted molar refractivity (Wildman–Crippen MR) is 85.1 cm³/mol. The topological polar surface area (TPSA) is 64.9 Å². The first-order chi connectivity index (χ1) is 10.1. The number of furan rings is 1. The van der Waals surface area contributed by atoms with Gasteiger partial charge in [-0.05, 0) is 38.5 Å². The van der Waals surface area contributed by atoms with E-state index in [1.165, 1.54) is 5.56 Å². The zero-order valence-corrected chi connectivity index (χ0v) is 12.6. The lowest BCUT2D eigenvalue weighted by atomic mass is 10.1. The summed E-state index contributed by atoms with van der Waals surface area (Å²) >= 11 is 0. The zero-order chi connectivity index (χ0) is 15.0. The normalized spacial score (nSPS) is 11.2. The van der Waals surface area contributed by atoms with Crippen LogP contribution in [0.1, 0.15) is 30.3 Å². The molecule has 0 amide bonds.